The molecular weight excluding hydrogens is 168 g/mol. The molecule has 0 bridgehead atoms. The number of unbranched alkanes of at least 4 members (excludes halogenated alkanes) is 2. The van der Waals surface area contributed by atoms with E-state index in [4.69, 9.17) is 5.11 Å². The Balaban J connectivity index is 4.17. The van der Waals surface area contributed by atoms with Crippen LogP contribution in [0, 0.1) is 5.92 Å². The minimum Gasteiger partial charge on any atom is -0.479 e. The van der Waals surface area contributed by atoms with Gasteiger partial charge in [0.05, 0.1) is 0 Å². The maximum absolute atomic E-state index is 10.8. The largest absolute Gasteiger partial charge is 0.479 e. The van der Waals surface area contributed by atoms with Gasteiger partial charge in [0.2, 0.25) is 0 Å². The molecule has 0 fully saturated rings. The second-order valence-electron chi connectivity index (χ2n) is 3.84. The van der Waals surface area contributed by atoms with Crippen molar-refractivity contribution in [2.45, 2.75) is 52.1 Å². The Morgan fingerprint density at radius 3 is 2.23 bits per heavy atom. The van der Waals surface area contributed by atoms with Crippen LogP contribution in [0.4, 0.5) is 0 Å². The van der Waals surface area contributed by atoms with Gasteiger partial charge in [-0.05, 0) is 18.8 Å². The first-order valence-electron chi connectivity index (χ1n) is 4.91. The van der Waals surface area contributed by atoms with E-state index in [1.54, 1.807) is 13.8 Å². The molecule has 0 aliphatic rings. The lowest BCUT2D eigenvalue weighted by Crippen LogP contribution is -2.43. The normalized spacial score (nSPS) is 15.8. The Bertz CT molecular complexity index is 166. The number of rotatable bonds is 6. The van der Waals surface area contributed by atoms with E-state index in [2.05, 4.69) is 6.92 Å². The summed E-state index contributed by atoms with van der Waals surface area (Å²) in [5, 5.41) is 18.6. The van der Waals surface area contributed by atoms with E-state index < -0.39 is 11.6 Å². The molecule has 0 spiro atoms. The zero-order chi connectivity index (χ0) is 10.5. The van der Waals surface area contributed by atoms with Crippen LogP contribution in [0.3, 0.4) is 0 Å². The summed E-state index contributed by atoms with van der Waals surface area (Å²) in [6, 6.07) is 0. The van der Waals surface area contributed by atoms with E-state index in [0.717, 1.165) is 19.3 Å². The third kappa shape index (κ3) is 3.35. The summed E-state index contributed by atoms with van der Waals surface area (Å²) in [6.45, 7) is 5.52. The third-order valence-corrected chi connectivity index (χ3v) is 2.49. The molecule has 0 aromatic heterocycles. The van der Waals surface area contributed by atoms with Gasteiger partial charge in [0, 0.05) is 0 Å². The fourth-order valence-electron chi connectivity index (χ4n) is 1.29. The molecule has 3 heteroatoms. The highest BCUT2D eigenvalue weighted by molar-refractivity contribution is 5.77. The number of aliphatic carboxylic acids is 1. The van der Waals surface area contributed by atoms with Crippen LogP contribution in [-0.4, -0.2) is 21.8 Å². The van der Waals surface area contributed by atoms with Crippen molar-refractivity contribution in [1.82, 2.24) is 0 Å². The average molecular weight is 188 g/mol. The topological polar surface area (TPSA) is 57.5 Å². The molecule has 2 N–H and O–H groups in total. The van der Waals surface area contributed by atoms with Crippen LogP contribution in [0.25, 0.3) is 0 Å². The molecule has 0 rings (SSSR count). The van der Waals surface area contributed by atoms with E-state index >= 15 is 0 Å². The zero-order valence-corrected chi connectivity index (χ0v) is 8.71. The number of hydrogen-bond acceptors (Lipinski definition) is 2. The Labute approximate surface area is 79.8 Å². The molecular formula is C10H20O3. The molecule has 1 atom stereocenters. The molecule has 1 unspecified atom stereocenters. The van der Waals surface area contributed by atoms with Gasteiger partial charge in [0.25, 0.3) is 0 Å². The van der Waals surface area contributed by atoms with Crippen molar-refractivity contribution in [2.75, 3.05) is 0 Å². The fourth-order valence-corrected chi connectivity index (χ4v) is 1.29. The number of carboxylic acid groups (broad SMARTS) is 1. The molecule has 0 saturated carbocycles. The molecule has 0 saturated heterocycles. The van der Waals surface area contributed by atoms with E-state index in [-0.39, 0.29) is 5.92 Å². The van der Waals surface area contributed by atoms with Crippen LogP contribution >= 0.6 is 0 Å². The van der Waals surface area contributed by atoms with Gasteiger partial charge < -0.3 is 10.2 Å². The van der Waals surface area contributed by atoms with Crippen LogP contribution in [0.2, 0.25) is 0 Å². The van der Waals surface area contributed by atoms with E-state index in [1.807, 2.05) is 0 Å². The maximum atomic E-state index is 10.8. The van der Waals surface area contributed by atoms with Gasteiger partial charge in [0.1, 0.15) is 0 Å². The van der Waals surface area contributed by atoms with Gasteiger partial charge in [-0.25, -0.2) is 4.79 Å². The van der Waals surface area contributed by atoms with Crippen molar-refractivity contribution in [3.8, 4) is 0 Å². The average Bonchev–Trinajstić information content (AvgIpc) is 2.03. The molecule has 13 heavy (non-hydrogen) atoms. The highest BCUT2D eigenvalue weighted by atomic mass is 16.4. The first-order valence-corrected chi connectivity index (χ1v) is 4.91. The van der Waals surface area contributed by atoms with Gasteiger partial charge >= 0.3 is 5.97 Å². The Kier molecular flexibility index (Phi) is 4.99. The zero-order valence-electron chi connectivity index (χ0n) is 8.71. The minimum atomic E-state index is -1.53. The summed E-state index contributed by atoms with van der Waals surface area (Å²) in [5.41, 5.74) is -1.53. The molecule has 0 aromatic rings. The predicted molar refractivity (Wildman–Crippen MR) is 51.6 cm³/mol. The molecule has 0 radical (unpaired) electrons. The quantitative estimate of drug-likeness (QED) is 0.627. The van der Waals surface area contributed by atoms with Crippen LogP contribution < -0.4 is 0 Å². The SMILES string of the molecule is CCCCCC(O)(C(=O)O)C(C)C. The standard InChI is InChI=1S/C10H20O3/c1-4-5-6-7-10(13,8(2)3)9(11)12/h8,13H,4-7H2,1-3H3,(H,11,12). The Morgan fingerprint density at radius 2 is 1.92 bits per heavy atom. The van der Waals surface area contributed by atoms with Crippen molar-refractivity contribution >= 4 is 5.97 Å². The lowest BCUT2D eigenvalue weighted by atomic mass is 9.85. The van der Waals surface area contributed by atoms with Crippen molar-refractivity contribution < 1.29 is 15.0 Å². The highest BCUT2D eigenvalue weighted by Crippen LogP contribution is 2.24. The first-order chi connectivity index (χ1) is 5.95. The second kappa shape index (κ2) is 5.22. The lowest BCUT2D eigenvalue weighted by Gasteiger charge is -2.27. The van der Waals surface area contributed by atoms with E-state index in [1.165, 1.54) is 0 Å². The molecule has 3 nitrogen and oxygen atoms in total. The lowest BCUT2D eigenvalue weighted by molar-refractivity contribution is -0.164. The van der Waals surface area contributed by atoms with Crippen molar-refractivity contribution in [1.29, 1.82) is 0 Å². The number of carbonyl (C=O) groups is 1. The summed E-state index contributed by atoms with van der Waals surface area (Å²) in [7, 11) is 0. The van der Waals surface area contributed by atoms with Gasteiger partial charge in [-0.1, -0.05) is 33.6 Å². The Hall–Kier alpha value is -0.570. The van der Waals surface area contributed by atoms with E-state index in [9.17, 15) is 9.90 Å². The summed E-state index contributed by atoms with van der Waals surface area (Å²) in [4.78, 5) is 10.8. The van der Waals surface area contributed by atoms with E-state index in [0.29, 0.717) is 6.42 Å². The number of aliphatic hydroxyl groups is 1. The minimum absolute atomic E-state index is 0.234. The predicted octanol–water partition coefficient (Wildman–Crippen LogP) is 2.04. The fraction of sp³-hybridized carbons (Fsp3) is 0.900. The smallest absolute Gasteiger partial charge is 0.335 e. The highest BCUT2D eigenvalue weighted by Gasteiger charge is 2.38. The third-order valence-electron chi connectivity index (χ3n) is 2.49. The number of carboxylic acids is 1. The number of hydrogen-bond donors (Lipinski definition) is 2. The van der Waals surface area contributed by atoms with Crippen molar-refractivity contribution in [3.05, 3.63) is 0 Å². The molecule has 0 aliphatic heterocycles. The van der Waals surface area contributed by atoms with Gasteiger partial charge in [-0.2, -0.15) is 0 Å². The van der Waals surface area contributed by atoms with Crippen LogP contribution in [0.5, 0.6) is 0 Å². The first kappa shape index (κ1) is 12.4. The Morgan fingerprint density at radius 1 is 1.38 bits per heavy atom. The molecule has 0 amide bonds. The van der Waals surface area contributed by atoms with Crippen LogP contribution in [-0.2, 0) is 4.79 Å². The molecule has 0 aliphatic carbocycles. The summed E-state index contributed by atoms with van der Waals surface area (Å²) < 4.78 is 0. The molecule has 78 valence electrons. The van der Waals surface area contributed by atoms with Crippen LogP contribution in [0.1, 0.15) is 46.5 Å². The second-order valence-corrected chi connectivity index (χ2v) is 3.84. The monoisotopic (exact) mass is 188 g/mol. The van der Waals surface area contributed by atoms with Crippen molar-refractivity contribution in [3.63, 3.8) is 0 Å². The van der Waals surface area contributed by atoms with Gasteiger partial charge in [0.15, 0.2) is 5.60 Å². The van der Waals surface area contributed by atoms with Gasteiger partial charge in [-0.3, -0.25) is 0 Å². The van der Waals surface area contributed by atoms with Crippen molar-refractivity contribution in [2.24, 2.45) is 5.92 Å². The summed E-state index contributed by atoms with van der Waals surface area (Å²) in [5.74, 6) is -1.33. The maximum Gasteiger partial charge on any atom is 0.335 e. The molecule has 0 aromatic carbocycles. The molecule has 0 heterocycles. The summed E-state index contributed by atoms with van der Waals surface area (Å²) in [6.07, 6.45) is 3.14. The summed E-state index contributed by atoms with van der Waals surface area (Å²) >= 11 is 0. The van der Waals surface area contributed by atoms with Gasteiger partial charge in [-0.15, -0.1) is 0 Å². The van der Waals surface area contributed by atoms with Crippen LogP contribution in [0.15, 0.2) is 0 Å².